The number of fused-ring (bicyclic) bond motifs is 1. The Balaban J connectivity index is 2.41. The third-order valence-corrected chi connectivity index (χ3v) is 3.23. The van der Waals surface area contributed by atoms with Gasteiger partial charge < -0.3 is 9.64 Å². The maximum Gasteiger partial charge on any atom is 0.172 e. The second kappa shape index (κ2) is 5.95. The first kappa shape index (κ1) is 13.7. The Morgan fingerprint density at radius 1 is 1.15 bits per heavy atom. The molecule has 0 radical (unpaired) electrons. The lowest BCUT2D eigenvalue weighted by molar-refractivity contribution is 0.437. The standard InChI is InChI=1S/C16H15N3O/c1-3-19(4-2)14-7-5-12-6-8-15(13(10-17)11-18)20-16(12)9-14/h5-9H,3-4H2,1-2H3. The predicted molar refractivity (Wildman–Crippen MR) is 77.9 cm³/mol. The maximum atomic E-state index is 8.89. The third kappa shape index (κ3) is 2.50. The molecule has 1 aromatic rings. The van der Waals surface area contributed by atoms with Crippen molar-refractivity contribution in [2.24, 2.45) is 0 Å². The number of hydrogen-bond acceptors (Lipinski definition) is 4. The van der Waals surface area contributed by atoms with Crippen molar-refractivity contribution in [3.63, 3.8) is 0 Å². The monoisotopic (exact) mass is 265 g/mol. The number of ether oxygens (including phenoxy) is 1. The fraction of sp³-hybridized carbons (Fsp3) is 0.250. The highest BCUT2D eigenvalue weighted by molar-refractivity contribution is 5.68. The van der Waals surface area contributed by atoms with Gasteiger partial charge in [-0.25, -0.2) is 0 Å². The lowest BCUT2D eigenvalue weighted by Gasteiger charge is -2.23. The first-order valence-corrected chi connectivity index (χ1v) is 6.52. The molecule has 1 aliphatic heterocycles. The topological polar surface area (TPSA) is 60.0 Å². The van der Waals surface area contributed by atoms with Crippen molar-refractivity contribution >= 4 is 11.8 Å². The molecule has 1 heterocycles. The van der Waals surface area contributed by atoms with E-state index in [-0.39, 0.29) is 5.57 Å². The van der Waals surface area contributed by atoms with E-state index in [0.717, 1.165) is 24.3 Å². The van der Waals surface area contributed by atoms with Gasteiger partial charge >= 0.3 is 0 Å². The Labute approximate surface area is 118 Å². The molecule has 0 N–H and O–H groups in total. The summed E-state index contributed by atoms with van der Waals surface area (Å²) in [6, 6.07) is 9.66. The van der Waals surface area contributed by atoms with Crippen molar-refractivity contribution in [2.45, 2.75) is 13.8 Å². The van der Waals surface area contributed by atoms with E-state index < -0.39 is 0 Å². The molecule has 0 unspecified atom stereocenters. The van der Waals surface area contributed by atoms with Crippen molar-refractivity contribution in [1.82, 2.24) is 0 Å². The largest absolute Gasteiger partial charge is 0.454 e. The highest BCUT2D eigenvalue weighted by Gasteiger charge is 2.15. The molecule has 0 fully saturated rings. The molecule has 1 aromatic carbocycles. The summed E-state index contributed by atoms with van der Waals surface area (Å²) in [7, 11) is 0. The van der Waals surface area contributed by atoms with Gasteiger partial charge in [-0.3, -0.25) is 0 Å². The zero-order valence-electron chi connectivity index (χ0n) is 11.6. The van der Waals surface area contributed by atoms with Gasteiger partial charge in [0.25, 0.3) is 0 Å². The molecule has 1 aliphatic rings. The molecule has 0 atom stereocenters. The summed E-state index contributed by atoms with van der Waals surface area (Å²) in [6.07, 6.45) is 3.51. The Morgan fingerprint density at radius 3 is 2.45 bits per heavy atom. The van der Waals surface area contributed by atoms with E-state index in [9.17, 15) is 0 Å². The second-order valence-corrected chi connectivity index (χ2v) is 4.29. The molecule has 0 saturated heterocycles. The van der Waals surface area contributed by atoms with Crippen LogP contribution >= 0.6 is 0 Å². The summed E-state index contributed by atoms with van der Waals surface area (Å²) < 4.78 is 5.68. The highest BCUT2D eigenvalue weighted by atomic mass is 16.5. The fourth-order valence-corrected chi connectivity index (χ4v) is 2.12. The van der Waals surface area contributed by atoms with Gasteiger partial charge in [-0.15, -0.1) is 0 Å². The Hall–Kier alpha value is -2.72. The molecule has 4 heteroatoms. The quantitative estimate of drug-likeness (QED) is 0.787. The van der Waals surface area contributed by atoms with E-state index in [1.165, 1.54) is 0 Å². The van der Waals surface area contributed by atoms with Gasteiger partial charge in [-0.05, 0) is 38.1 Å². The van der Waals surface area contributed by atoms with Crippen LogP contribution in [0.1, 0.15) is 19.4 Å². The zero-order chi connectivity index (χ0) is 14.5. The smallest absolute Gasteiger partial charge is 0.172 e. The zero-order valence-corrected chi connectivity index (χ0v) is 11.6. The number of nitrogens with zero attached hydrogens (tertiary/aromatic N) is 3. The van der Waals surface area contributed by atoms with E-state index in [4.69, 9.17) is 15.3 Å². The summed E-state index contributed by atoms with van der Waals surface area (Å²) in [6.45, 7) is 6.02. The summed E-state index contributed by atoms with van der Waals surface area (Å²) in [5.74, 6) is 0.981. The van der Waals surface area contributed by atoms with E-state index >= 15 is 0 Å². The van der Waals surface area contributed by atoms with Gasteiger partial charge in [0.2, 0.25) is 0 Å². The molecule has 0 bridgehead atoms. The molecule has 0 amide bonds. The minimum absolute atomic E-state index is 0.0138. The van der Waals surface area contributed by atoms with Gasteiger partial charge in [0.15, 0.2) is 11.3 Å². The van der Waals surface area contributed by atoms with E-state index in [1.807, 2.05) is 36.4 Å². The van der Waals surface area contributed by atoms with Gasteiger partial charge in [-0.2, -0.15) is 10.5 Å². The summed E-state index contributed by atoms with van der Waals surface area (Å²) in [5, 5.41) is 17.8. The molecule has 0 aromatic heterocycles. The predicted octanol–water partition coefficient (Wildman–Crippen LogP) is 3.24. The number of rotatable bonds is 3. The van der Waals surface area contributed by atoms with Crippen LogP contribution in [0.3, 0.4) is 0 Å². The van der Waals surface area contributed by atoms with Crippen LogP contribution in [0.15, 0.2) is 35.6 Å². The molecule has 4 nitrogen and oxygen atoms in total. The van der Waals surface area contributed by atoms with Gasteiger partial charge in [0.05, 0.1) is 0 Å². The van der Waals surface area contributed by atoms with Crippen molar-refractivity contribution in [3.8, 4) is 17.9 Å². The fourth-order valence-electron chi connectivity index (χ4n) is 2.12. The summed E-state index contributed by atoms with van der Waals surface area (Å²) in [4.78, 5) is 2.21. The number of benzene rings is 1. The molecule has 0 aliphatic carbocycles. The Kier molecular flexibility index (Phi) is 4.08. The minimum atomic E-state index is -0.0138. The van der Waals surface area contributed by atoms with Crippen LogP contribution in [0.5, 0.6) is 5.75 Å². The number of allylic oxidation sites excluding steroid dienone is 2. The summed E-state index contributed by atoms with van der Waals surface area (Å²) >= 11 is 0. The Morgan fingerprint density at radius 2 is 1.85 bits per heavy atom. The minimum Gasteiger partial charge on any atom is -0.454 e. The first-order valence-electron chi connectivity index (χ1n) is 6.52. The van der Waals surface area contributed by atoms with Crippen LogP contribution in [0.2, 0.25) is 0 Å². The molecule has 100 valence electrons. The highest BCUT2D eigenvalue weighted by Crippen LogP contribution is 2.32. The van der Waals surface area contributed by atoms with Crippen molar-refractivity contribution in [2.75, 3.05) is 18.0 Å². The molecule has 2 rings (SSSR count). The average Bonchev–Trinajstić information content (AvgIpc) is 2.49. The summed E-state index contributed by atoms with van der Waals surface area (Å²) in [5.41, 5.74) is 2.00. The first-order chi connectivity index (χ1) is 9.73. The van der Waals surface area contributed by atoms with Crippen LogP contribution in [-0.4, -0.2) is 13.1 Å². The van der Waals surface area contributed by atoms with E-state index in [2.05, 4.69) is 18.7 Å². The van der Waals surface area contributed by atoms with Gasteiger partial charge in [-0.1, -0.05) is 0 Å². The third-order valence-electron chi connectivity index (χ3n) is 3.23. The lowest BCUT2D eigenvalue weighted by Crippen LogP contribution is -2.21. The molecule has 0 spiro atoms. The number of anilines is 1. The average molecular weight is 265 g/mol. The molecular weight excluding hydrogens is 250 g/mol. The molecule has 0 saturated carbocycles. The van der Waals surface area contributed by atoms with Gasteiger partial charge in [0.1, 0.15) is 17.9 Å². The van der Waals surface area contributed by atoms with E-state index in [0.29, 0.717) is 11.5 Å². The van der Waals surface area contributed by atoms with Gasteiger partial charge in [0, 0.05) is 30.4 Å². The lowest BCUT2D eigenvalue weighted by atomic mass is 10.1. The van der Waals surface area contributed by atoms with Crippen LogP contribution < -0.4 is 9.64 Å². The van der Waals surface area contributed by atoms with E-state index in [1.54, 1.807) is 6.08 Å². The van der Waals surface area contributed by atoms with Crippen molar-refractivity contribution in [3.05, 3.63) is 41.2 Å². The number of nitriles is 2. The Bertz CT molecular complexity index is 639. The maximum absolute atomic E-state index is 8.89. The van der Waals surface area contributed by atoms with Crippen molar-refractivity contribution in [1.29, 1.82) is 10.5 Å². The normalized spacial score (nSPS) is 11.9. The van der Waals surface area contributed by atoms with Crippen LogP contribution in [-0.2, 0) is 0 Å². The van der Waals surface area contributed by atoms with Crippen molar-refractivity contribution < 1.29 is 4.74 Å². The van der Waals surface area contributed by atoms with Crippen LogP contribution in [0, 0.1) is 22.7 Å². The molecule has 20 heavy (non-hydrogen) atoms. The molecular formula is C16H15N3O. The SMILES string of the molecule is CCN(CC)c1ccc2c(c1)OC(=C(C#N)C#N)C=C2. The second-order valence-electron chi connectivity index (χ2n) is 4.29. The van der Waals surface area contributed by atoms with Crippen LogP contribution in [0.25, 0.3) is 6.08 Å². The number of hydrogen-bond donors (Lipinski definition) is 0. The van der Waals surface area contributed by atoms with Crippen LogP contribution in [0.4, 0.5) is 5.69 Å².